The Morgan fingerprint density at radius 2 is 2.29 bits per heavy atom. The highest BCUT2D eigenvalue weighted by Crippen LogP contribution is 2.35. The van der Waals surface area contributed by atoms with E-state index in [-0.39, 0.29) is 0 Å². The van der Waals surface area contributed by atoms with Gasteiger partial charge in [0, 0.05) is 16.5 Å². The summed E-state index contributed by atoms with van der Waals surface area (Å²) in [6.45, 7) is 0. The Morgan fingerprint density at radius 3 is 3.06 bits per heavy atom. The minimum absolute atomic E-state index is 0.320. The maximum absolute atomic E-state index is 8.07. The molecule has 0 radical (unpaired) electrons. The number of aromatic nitrogens is 3. The van der Waals surface area contributed by atoms with Crippen molar-refractivity contribution in [3.05, 3.63) is 23.5 Å². The number of halogens is 1. The van der Waals surface area contributed by atoms with E-state index in [4.69, 9.17) is 23.5 Å². The first kappa shape index (κ1) is 9.07. The van der Waals surface area contributed by atoms with Crippen molar-refractivity contribution in [2.45, 2.75) is 0 Å². The van der Waals surface area contributed by atoms with Gasteiger partial charge in [0.15, 0.2) is 1.41 Å². The topological polar surface area (TPSA) is 76.8 Å². The highest BCUT2D eigenvalue weighted by atomic mass is 35.5. The molecule has 0 spiro atoms. The first-order valence-electron chi connectivity index (χ1n) is 5.35. The summed E-state index contributed by atoms with van der Waals surface area (Å²) >= 11 is 6.03. The Kier molecular flexibility index (Phi) is 1.86. The minimum Gasteiger partial charge on any atom is -0.494 e. The van der Waals surface area contributed by atoms with Crippen LogP contribution in [-0.2, 0) is 0 Å². The number of H-pyrrole nitrogens is 1. The molecule has 0 aliphatic heterocycles. The smallest absolute Gasteiger partial charge is 0.168 e. The van der Waals surface area contributed by atoms with Crippen LogP contribution in [0.3, 0.4) is 0 Å². The van der Waals surface area contributed by atoms with Gasteiger partial charge in [-0.25, -0.2) is 9.97 Å². The third-order valence-corrected chi connectivity index (χ3v) is 2.82. The summed E-state index contributed by atoms with van der Waals surface area (Å²) in [5.41, 5.74) is 6.85. The van der Waals surface area contributed by atoms with Crippen LogP contribution in [0.15, 0.2) is 18.5 Å². The quantitative estimate of drug-likeness (QED) is 0.694. The number of benzene rings is 1. The average Bonchev–Trinajstić information content (AvgIpc) is 2.63. The number of aromatic amines is 1. The fourth-order valence-electron chi connectivity index (χ4n) is 1.87. The second-order valence-electron chi connectivity index (χ2n) is 3.57. The van der Waals surface area contributed by atoms with Crippen molar-refractivity contribution in [3.63, 3.8) is 0 Å². The molecule has 0 unspecified atom stereocenters. The number of anilines is 1. The number of fused-ring (bicyclic) bond motifs is 3. The molecule has 2 heterocycles. The van der Waals surface area contributed by atoms with Crippen LogP contribution in [0.1, 0.15) is 0 Å². The summed E-state index contributed by atoms with van der Waals surface area (Å²) in [7, 11) is 1.53. The van der Waals surface area contributed by atoms with Gasteiger partial charge in [-0.1, -0.05) is 11.6 Å². The summed E-state index contributed by atoms with van der Waals surface area (Å²) in [4.78, 5) is 9.19. The minimum atomic E-state index is 0.320. The molecule has 3 aromatic rings. The van der Waals surface area contributed by atoms with Gasteiger partial charge in [-0.2, -0.15) is 0 Å². The van der Waals surface area contributed by atoms with E-state index in [1.807, 2.05) is 0 Å². The molecule has 0 saturated carbocycles. The van der Waals surface area contributed by atoms with Gasteiger partial charge in [0.25, 0.3) is 0 Å². The van der Waals surface area contributed by atoms with Crippen molar-refractivity contribution < 1.29 is 6.15 Å². The Labute approximate surface area is 103 Å². The van der Waals surface area contributed by atoms with Crippen LogP contribution < -0.4 is 10.5 Å². The van der Waals surface area contributed by atoms with Crippen LogP contribution in [0.4, 0.5) is 5.82 Å². The van der Waals surface area contributed by atoms with Gasteiger partial charge < -0.3 is 15.4 Å². The number of ether oxygens (including phenoxy) is 1. The largest absolute Gasteiger partial charge is 0.494 e. The van der Waals surface area contributed by atoms with Crippen LogP contribution in [0.5, 0.6) is 5.75 Å². The zero-order valence-electron chi connectivity index (χ0n) is 9.94. The number of hydrogen-bond acceptors (Lipinski definition) is 4. The fraction of sp³-hybridized carbons (Fsp3) is 0.0909. The maximum atomic E-state index is 8.07. The lowest BCUT2D eigenvalue weighted by molar-refractivity contribution is 0.419. The predicted octanol–water partition coefficient (Wildman–Crippen LogP) is 2.36. The van der Waals surface area contributed by atoms with E-state index < -0.39 is 0 Å². The number of rotatable bonds is 1. The molecule has 0 atom stereocenters. The summed E-state index contributed by atoms with van der Waals surface area (Å²) in [5, 5.41) is 1.83. The van der Waals surface area contributed by atoms with Crippen molar-refractivity contribution >= 4 is 39.4 Å². The molecule has 3 N–H and O–H groups in total. The number of hydrogen-bond donors (Lipinski definition) is 2. The van der Waals surface area contributed by atoms with Crippen molar-refractivity contribution in [2.24, 2.45) is 0 Å². The number of nitrogen functional groups attached to an aromatic ring is 1. The highest BCUT2D eigenvalue weighted by molar-refractivity contribution is 6.32. The van der Waals surface area contributed by atoms with Gasteiger partial charge in [-0.15, -0.1) is 0 Å². The van der Waals surface area contributed by atoms with Crippen LogP contribution in [0.2, 0.25) is 6.43 Å². The number of nitrogens with zero attached hydrogens (tertiary/aromatic N) is 2. The molecule has 1 aromatic carbocycles. The fourth-order valence-corrected chi connectivity index (χ4v) is 2.08. The molecule has 0 aliphatic carbocycles. The molecule has 0 bridgehead atoms. The third kappa shape index (κ3) is 1.39. The normalized spacial score (nSPS) is 12.0. The van der Waals surface area contributed by atoms with Gasteiger partial charge in [-0.05, 0) is 6.07 Å². The molecule has 0 aliphatic rings. The molecule has 2 aromatic heterocycles. The Morgan fingerprint density at radius 1 is 1.47 bits per heavy atom. The van der Waals surface area contributed by atoms with Gasteiger partial charge in [0.05, 0.1) is 18.0 Å². The van der Waals surface area contributed by atoms with Crippen LogP contribution >= 0.6 is 11.6 Å². The lowest BCUT2D eigenvalue weighted by Gasteiger charge is -2.02. The number of nitrogens with one attached hydrogen (secondary N) is 1. The highest BCUT2D eigenvalue weighted by Gasteiger charge is 2.13. The van der Waals surface area contributed by atoms with Gasteiger partial charge in [-0.3, -0.25) is 0 Å². The van der Waals surface area contributed by atoms with Gasteiger partial charge >= 0.3 is 0 Å². The summed E-state index contributed by atoms with van der Waals surface area (Å²) in [6, 6.07) is 3.38. The molecule has 17 heavy (non-hydrogen) atoms. The molecule has 0 saturated heterocycles. The maximum Gasteiger partial charge on any atom is 0.168 e. The first-order valence-corrected chi connectivity index (χ1v) is 5.28. The second-order valence-corrected chi connectivity index (χ2v) is 4.01. The number of methoxy groups -OCH3 is 1. The molecule has 5 nitrogen and oxygen atoms in total. The van der Waals surface area contributed by atoms with E-state index in [0.29, 0.717) is 38.5 Å². The van der Waals surface area contributed by atoms with E-state index >= 15 is 0 Å². The molecule has 0 fully saturated rings. The molecular weight excluding hydrogens is 240 g/mol. The summed E-state index contributed by atoms with van der Waals surface area (Å²) < 4.78 is 13.3. The van der Waals surface area contributed by atoms with E-state index in [1.165, 1.54) is 18.4 Å². The molecule has 86 valence electrons. The van der Waals surface area contributed by atoms with E-state index in [1.54, 1.807) is 12.1 Å². The lowest BCUT2D eigenvalue weighted by atomic mass is 10.2. The first-order chi connectivity index (χ1) is 8.63. The summed E-state index contributed by atoms with van der Waals surface area (Å²) in [6.07, 6.45) is 1.33. The third-order valence-electron chi connectivity index (χ3n) is 2.60. The Bertz CT molecular complexity index is 771. The molecule has 0 amide bonds. The molecule has 6 heteroatoms. The number of nitrogens with two attached hydrogens (primary N) is 1. The zero-order chi connectivity index (χ0) is 12.9. The SMILES string of the molecule is [2H]n1c2ncnc(N)c2c2cc(Cl)cc(OC)c21. The zero-order valence-corrected chi connectivity index (χ0v) is 9.69. The van der Waals surface area contributed by atoms with Gasteiger partial charge in [0.1, 0.15) is 23.5 Å². The van der Waals surface area contributed by atoms with Crippen LogP contribution in [-0.4, -0.2) is 22.1 Å². The Hall–Kier alpha value is -2.01. The lowest BCUT2D eigenvalue weighted by Crippen LogP contribution is -1.91. The molecular formula is C11H9ClN4O. The summed E-state index contributed by atoms with van der Waals surface area (Å²) in [5.74, 6) is 0.824. The standard InChI is InChI=1S/C11H9ClN4O/c1-17-7-3-5(12)2-6-8-10(13)14-4-15-11(8)16-9(6)7/h2-4H,1H3,(H3,13,14,15,16)/i/hD. The van der Waals surface area contributed by atoms with Crippen LogP contribution in [0, 0.1) is 0 Å². The Balaban J connectivity index is 2.64. The second kappa shape index (κ2) is 3.49. The van der Waals surface area contributed by atoms with Crippen LogP contribution in [0.25, 0.3) is 21.9 Å². The van der Waals surface area contributed by atoms with Gasteiger partial charge in [0.2, 0.25) is 0 Å². The van der Waals surface area contributed by atoms with Crippen molar-refractivity contribution in [1.82, 2.24) is 14.9 Å². The monoisotopic (exact) mass is 249 g/mol. The van der Waals surface area contributed by atoms with Crippen molar-refractivity contribution in [2.75, 3.05) is 12.8 Å². The predicted molar refractivity (Wildman–Crippen MR) is 67.4 cm³/mol. The molecule has 3 rings (SSSR count). The van der Waals surface area contributed by atoms with E-state index in [2.05, 4.69) is 9.97 Å². The van der Waals surface area contributed by atoms with Crippen molar-refractivity contribution in [3.8, 4) is 5.75 Å². The van der Waals surface area contributed by atoms with E-state index in [0.717, 1.165) is 0 Å². The van der Waals surface area contributed by atoms with Crippen molar-refractivity contribution in [1.29, 1.82) is 0 Å². The van der Waals surface area contributed by atoms with E-state index in [9.17, 15) is 0 Å². The average molecular weight is 250 g/mol.